The molecule has 15 heavy (non-hydrogen) atoms. The Hall–Kier alpha value is -0.380. The van der Waals surface area contributed by atoms with Gasteiger partial charge in [-0.05, 0) is 30.2 Å². The summed E-state index contributed by atoms with van der Waals surface area (Å²) in [6.07, 6.45) is 4.96. The van der Waals surface area contributed by atoms with Crippen LogP contribution in [0.1, 0.15) is 50.4 Å². The van der Waals surface area contributed by atoms with E-state index in [2.05, 4.69) is 36.8 Å². The van der Waals surface area contributed by atoms with Gasteiger partial charge in [0.05, 0.1) is 6.04 Å². The molecule has 0 aromatic carbocycles. The summed E-state index contributed by atoms with van der Waals surface area (Å²) in [6, 6.07) is 4.61. The lowest BCUT2D eigenvalue weighted by molar-refractivity contribution is 0.323. The average molecular weight is 226 g/mol. The smallest absolute Gasteiger partial charge is 0.0581 e. The summed E-state index contributed by atoms with van der Waals surface area (Å²) in [5.74, 6) is 6.35. The van der Waals surface area contributed by atoms with Gasteiger partial charge in [0.15, 0.2) is 0 Å². The summed E-state index contributed by atoms with van der Waals surface area (Å²) < 4.78 is 0. The topological polar surface area (TPSA) is 38.0 Å². The third-order valence-corrected chi connectivity index (χ3v) is 3.78. The molecule has 0 aliphatic carbocycles. The van der Waals surface area contributed by atoms with Gasteiger partial charge in [-0.1, -0.05) is 32.8 Å². The van der Waals surface area contributed by atoms with Gasteiger partial charge in [0.25, 0.3) is 0 Å². The van der Waals surface area contributed by atoms with Gasteiger partial charge in [-0.15, -0.1) is 11.3 Å². The van der Waals surface area contributed by atoms with Crippen LogP contribution in [0.5, 0.6) is 0 Å². The third-order valence-electron chi connectivity index (χ3n) is 2.82. The van der Waals surface area contributed by atoms with E-state index in [9.17, 15) is 0 Å². The minimum Gasteiger partial charge on any atom is -0.271 e. The maximum atomic E-state index is 5.68. The highest BCUT2D eigenvalue weighted by atomic mass is 32.1. The van der Waals surface area contributed by atoms with Crippen LogP contribution in [0.25, 0.3) is 0 Å². The number of hydrogen-bond acceptors (Lipinski definition) is 3. The summed E-state index contributed by atoms with van der Waals surface area (Å²) >= 11 is 1.79. The van der Waals surface area contributed by atoms with E-state index in [1.54, 1.807) is 11.3 Å². The van der Waals surface area contributed by atoms with E-state index >= 15 is 0 Å². The molecule has 1 aromatic heterocycles. The molecular formula is C12H22N2S. The van der Waals surface area contributed by atoms with Gasteiger partial charge in [0.1, 0.15) is 0 Å². The van der Waals surface area contributed by atoms with Gasteiger partial charge in [0.2, 0.25) is 0 Å². The Balaban J connectivity index is 2.69. The Kier molecular flexibility index (Phi) is 5.91. The van der Waals surface area contributed by atoms with Crippen molar-refractivity contribution in [2.45, 2.75) is 45.6 Å². The van der Waals surface area contributed by atoms with E-state index in [4.69, 9.17) is 5.84 Å². The first-order chi connectivity index (χ1) is 7.33. The Morgan fingerprint density at radius 1 is 1.33 bits per heavy atom. The molecule has 2 nitrogen and oxygen atoms in total. The molecule has 0 radical (unpaired) electrons. The molecule has 1 atom stereocenters. The van der Waals surface area contributed by atoms with Gasteiger partial charge in [-0.3, -0.25) is 11.3 Å². The lowest BCUT2D eigenvalue weighted by Crippen LogP contribution is -2.33. The van der Waals surface area contributed by atoms with E-state index in [0.717, 1.165) is 0 Å². The molecule has 0 aliphatic rings. The van der Waals surface area contributed by atoms with Crippen molar-refractivity contribution in [3.05, 3.63) is 22.4 Å². The summed E-state index contributed by atoms with van der Waals surface area (Å²) in [4.78, 5) is 1.37. The van der Waals surface area contributed by atoms with Crippen molar-refractivity contribution in [2.24, 2.45) is 11.8 Å². The van der Waals surface area contributed by atoms with E-state index in [1.807, 2.05) is 0 Å². The molecule has 0 spiro atoms. The second-order valence-corrected chi connectivity index (χ2v) is 4.98. The minimum atomic E-state index is 0.338. The number of rotatable bonds is 7. The highest BCUT2D eigenvalue weighted by Gasteiger charge is 2.21. The maximum absolute atomic E-state index is 5.68. The molecule has 0 saturated heterocycles. The van der Waals surface area contributed by atoms with Gasteiger partial charge in [0, 0.05) is 4.88 Å². The van der Waals surface area contributed by atoms with Gasteiger partial charge >= 0.3 is 0 Å². The maximum Gasteiger partial charge on any atom is 0.0581 e. The fourth-order valence-electron chi connectivity index (χ4n) is 2.14. The van der Waals surface area contributed by atoms with Crippen LogP contribution in [0.3, 0.4) is 0 Å². The van der Waals surface area contributed by atoms with Crippen LogP contribution in [0.2, 0.25) is 0 Å². The monoisotopic (exact) mass is 226 g/mol. The quantitative estimate of drug-likeness (QED) is 0.552. The standard InChI is InChI=1S/C12H22N2S/c1-3-6-10(7-4-2)12(14-13)11-8-5-9-15-11/h5,8-10,12,14H,3-4,6-7,13H2,1-2H3. The fraction of sp³-hybridized carbons (Fsp3) is 0.667. The summed E-state index contributed by atoms with van der Waals surface area (Å²) in [5.41, 5.74) is 2.98. The predicted molar refractivity (Wildman–Crippen MR) is 67.7 cm³/mol. The molecule has 1 heterocycles. The molecule has 0 amide bonds. The highest BCUT2D eigenvalue weighted by molar-refractivity contribution is 7.10. The summed E-state index contributed by atoms with van der Waals surface area (Å²) in [7, 11) is 0. The van der Waals surface area contributed by atoms with Gasteiger partial charge < -0.3 is 0 Å². The van der Waals surface area contributed by atoms with Crippen molar-refractivity contribution in [1.82, 2.24) is 5.43 Å². The second kappa shape index (κ2) is 6.99. The van der Waals surface area contributed by atoms with E-state index in [1.165, 1.54) is 30.6 Å². The molecular weight excluding hydrogens is 204 g/mol. The van der Waals surface area contributed by atoms with Crippen molar-refractivity contribution in [3.8, 4) is 0 Å². The second-order valence-electron chi connectivity index (χ2n) is 4.00. The van der Waals surface area contributed by atoms with E-state index < -0.39 is 0 Å². The van der Waals surface area contributed by atoms with Crippen LogP contribution < -0.4 is 11.3 Å². The van der Waals surface area contributed by atoms with Crippen molar-refractivity contribution in [2.75, 3.05) is 0 Å². The lowest BCUT2D eigenvalue weighted by Gasteiger charge is -2.25. The Morgan fingerprint density at radius 3 is 2.40 bits per heavy atom. The largest absolute Gasteiger partial charge is 0.271 e. The van der Waals surface area contributed by atoms with Crippen LogP contribution >= 0.6 is 11.3 Å². The zero-order valence-corrected chi connectivity index (χ0v) is 10.5. The molecule has 0 fully saturated rings. The Bertz CT molecular complexity index is 240. The number of nitrogens with one attached hydrogen (secondary N) is 1. The normalized spacial score (nSPS) is 13.3. The zero-order valence-electron chi connectivity index (χ0n) is 9.70. The van der Waals surface area contributed by atoms with E-state index in [-0.39, 0.29) is 0 Å². The first kappa shape index (κ1) is 12.7. The van der Waals surface area contributed by atoms with Crippen LogP contribution in [0.15, 0.2) is 17.5 Å². The van der Waals surface area contributed by atoms with Gasteiger partial charge in [-0.2, -0.15) is 0 Å². The average Bonchev–Trinajstić information content (AvgIpc) is 2.73. The zero-order chi connectivity index (χ0) is 11.1. The van der Waals surface area contributed by atoms with E-state index in [0.29, 0.717) is 12.0 Å². The van der Waals surface area contributed by atoms with Crippen LogP contribution in [-0.2, 0) is 0 Å². The first-order valence-corrected chi connectivity index (χ1v) is 6.70. The molecule has 0 saturated carbocycles. The van der Waals surface area contributed by atoms with Crippen molar-refractivity contribution in [1.29, 1.82) is 0 Å². The molecule has 0 bridgehead atoms. The predicted octanol–water partition coefficient (Wildman–Crippen LogP) is 3.47. The Labute approximate surface area is 96.9 Å². The Morgan fingerprint density at radius 2 is 2.00 bits per heavy atom. The first-order valence-electron chi connectivity index (χ1n) is 5.83. The van der Waals surface area contributed by atoms with Gasteiger partial charge in [-0.25, -0.2) is 0 Å². The lowest BCUT2D eigenvalue weighted by atomic mass is 9.90. The molecule has 1 unspecified atom stereocenters. The van der Waals surface area contributed by atoms with Crippen LogP contribution in [0.4, 0.5) is 0 Å². The number of nitrogens with two attached hydrogens (primary N) is 1. The SMILES string of the molecule is CCCC(CCC)C(NN)c1cccs1. The van der Waals surface area contributed by atoms with Crippen molar-refractivity contribution in [3.63, 3.8) is 0 Å². The number of thiophene rings is 1. The van der Waals surface area contributed by atoms with Crippen molar-refractivity contribution < 1.29 is 0 Å². The molecule has 3 heteroatoms. The molecule has 0 aliphatic heterocycles. The van der Waals surface area contributed by atoms with Crippen LogP contribution in [0, 0.1) is 5.92 Å². The van der Waals surface area contributed by atoms with Crippen molar-refractivity contribution >= 4 is 11.3 Å². The summed E-state index contributed by atoms with van der Waals surface area (Å²) in [5, 5.41) is 2.12. The fourth-order valence-corrected chi connectivity index (χ4v) is 3.02. The third kappa shape index (κ3) is 3.59. The molecule has 1 aromatic rings. The molecule has 3 N–H and O–H groups in total. The highest BCUT2D eigenvalue weighted by Crippen LogP contribution is 2.31. The number of hydrazine groups is 1. The number of hydrogen-bond donors (Lipinski definition) is 2. The summed E-state index contributed by atoms with van der Waals surface area (Å²) in [6.45, 7) is 4.48. The van der Waals surface area contributed by atoms with Crippen LogP contribution in [-0.4, -0.2) is 0 Å². The molecule has 1 rings (SSSR count). The minimum absolute atomic E-state index is 0.338. The molecule has 86 valence electrons.